The molecule has 4 heteroatoms. The molecule has 140 valence electrons. The van der Waals surface area contributed by atoms with Crippen molar-refractivity contribution in [1.29, 1.82) is 0 Å². The molecule has 3 aromatic carbocycles. The molecule has 0 bridgehead atoms. The Balaban J connectivity index is 2.29. The van der Waals surface area contributed by atoms with Crippen molar-refractivity contribution in [3.63, 3.8) is 0 Å². The zero-order chi connectivity index (χ0) is 19.2. The Bertz CT molecular complexity index is 835. The quantitative estimate of drug-likeness (QED) is 0.559. The normalized spacial score (nSPS) is 10.6. The first-order valence-corrected chi connectivity index (χ1v) is 8.70. The van der Waals surface area contributed by atoms with Crippen molar-refractivity contribution in [2.75, 3.05) is 28.4 Å². The van der Waals surface area contributed by atoms with Gasteiger partial charge in [0, 0.05) is 17.0 Å². The lowest BCUT2D eigenvalue weighted by molar-refractivity contribution is 0.392. The smallest absolute Gasteiger partial charge is 0.123 e. The Morgan fingerprint density at radius 3 is 1.44 bits per heavy atom. The molecule has 27 heavy (non-hydrogen) atoms. The SMILES string of the molecule is COc1ccc(OC)c(C(c2ccccc2)c2cc(OC)ccc2OC)c1. The van der Waals surface area contributed by atoms with Crippen LogP contribution in [0.1, 0.15) is 22.6 Å². The van der Waals surface area contributed by atoms with Crippen LogP contribution in [0.25, 0.3) is 0 Å². The Morgan fingerprint density at radius 1 is 0.556 bits per heavy atom. The molecule has 0 aliphatic rings. The highest BCUT2D eigenvalue weighted by molar-refractivity contribution is 5.56. The summed E-state index contributed by atoms with van der Waals surface area (Å²) in [6, 6.07) is 21.9. The lowest BCUT2D eigenvalue weighted by Gasteiger charge is -2.24. The predicted octanol–water partition coefficient (Wildman–Crippen LogP) is 4.90. The first kappa shape index (κ1) is 18.6. The largest absolute Gasteiger partial charge is 0.497 e. The van der Waals surface area contributed by atoms with Crippen molar-refractivity contribution < 1.29 is 18.9 Å². The Labute approximate surface area is 160 Å². The van der Waals surface area contributed by atoms with Crippen LogP contribution in [0.4, 0.5) is 0 Å². The third kappa shape index (κ3) is 3.85. The highest BCUT2D eigenvalue weighted by atomic mass is 16.5. The predicted molar refractivity (Wildman–Crippen MR) is 106 cm³/mol. The van der Waals surface area contributed by atoms with Crippen LogP contribution in [0, 0.1) is 0 Å². The first-order chi connectivity index (χ1) is 13.2. The molecule has 0 amide bonds. The zero-order valence-corrected chi connectivity index (χ0v) is 16.1. The molecule has 0 heterocycles. The van der Waals surface area contributed by atoms with Crippen molar-refractivity contribution in [1.82, 2.24) is 0 Å². The molecule has 4 nitrogen and oxygen atoms in total. The molecule has 0 atom stereocenters. The summed E-state index contributed by atoms with van der Waals surface area (Å²) in [5.41, 5.74) is 3.11. The second-order valence-electron chi connectivity index (χ2n) is 6.06. The molecular formula is C23H24O4. The van der Waals surface area contributed by atoms with Crippen LogP contribution >= 0.6 is 0 Å². The van der Waals surface area contributed by atoms with Gasteiger partial charge in [-0.05, 0) is 42.0 Å². The van der Waals surface area contributed by atoms with E-state index < -0.39 is 0 Å². The van der Waals surface area contributed by atoms with E-state index in [2.05, 4.69) is 12.1 Å². The molecule has 0 saturated carbocycles. The highest BCUT2D eigenvalue weighted by Crippen LogP contribution is 2.43. The molecule has 0 aromatic heterocycles. The number of methoxy groups -OCH3 is 4. The average molecular weight is 364 g/mol. The zero-order valence-electron chi connectivity index (χ0n) is 16.1. The van der Waals surface area contributed by atoms with E-state index >= 15 is 0 Å². The lowest BCUT2D eigenvalue weighted by Crippen LogP contribution is -2.08. The second kappa shape index (κ2) is 8.49. The summed E-state index contributed by atoms with van der Waals surface area (Å²) in [6.07, 6.45) is 0. The van der Waals surface area contributed by atoms with E-state index in [0.29, 0.717) is 0 Å². The maximum atomic E-state index is 5.67. The van der Waals surface area contributed by atoms with Gasteiger partial charge in [-0.1, -0.05) is 30.3 Å². The Hall–Kier alpha value is -3.14. The topological polar surface area (TPSA) is 36.9 Å². The maximum Gasteiger partial charge on any atom is 0.123 e. The number of benzene rings is 3. The lowest BCUT2D eigenvalue weighted by atomic mass is 9.84. The Morgan fingerprint density at radius 2 is 1.04 bits per heavy atom. The fourth-order valence-electron chi connectivity index (χ4n) is 3.30. The fraction of sp³-hybridized carbons (Fsp3) is 0.217. The molecule has 0 saturated heterocycles. The number of hydrogen-bond donors (Lipinski definition) is 0. The van der Waals surface area contributed by atoms with E-state index in [9.17, 15) is 0 Å². The van der Waals surface area contributed by atoms with Crippen molar-refractivity contribution in [2.24, 2.45) is 0 Å². The van der Waals surface area contributed by atoms with Crippen LogP contribution in [0.15, 0.2) is 66.7 Å². The minimum absolute atomic E-state index is 0.110. The number of ether oxygens (including phenoxy) is 4. The van der Waals surface area contributed by atoms with E-state index in [-0.39, 0.29) is 5.92 Å². The molecule has 0 aliphatic carbocycles. The molecule has 3 aromatic rings. The van der Waals surface area contributed by atoms with Crippen LogP contribution in [0.2, 0.25) is 0 Å². The van der Waals surface area contributed by atoms with Crippen LogP contribution in [0.3, 0.4) is 0 Å². The summed E-state index contributed by atoms with van der Waals surface area (Å²) in [5.74, 6) is 3.01. The summed E-state index contributed by atoms with van der Waals surface area (Å²) in [5, 5.41) is 0. The molecule has 0 fully saturated rings. The van der Waals surface area contributed by atoms with Gasteiger partial charge in [0.05, 0.1) is 28.4 Å². The summed E-state index contributed by atoms with van der Waals surface area (Å²) in [7, 11) is 6.68. The molecular weight excluding hydrogens is 340 g/mol. The van der Waals surface area contributed by atoms with Gasteiger partial charge in [0.15, 0.2) is 0 Å². The summed E-state index contributed by atoms with van der Waals surface area (Å²) < 4.78 is 22.3. The van der Waals surface area contributed by atoms with Crippen LogP contribution in [-0.2, 0) is 0 Å². The van der Waals surface area contributed by atoms with E-state index in [1.165, 1.54) is 0 Å². The van der Waals surface area contributed by atoms with Crippen molar-refractivity contribution in [2.45, 2.75) is 5.92 Å². The fourth-order valence-corrected chi connectivity index (χ4v) is 3.30. The van der Waals surface area contributed by atoms with Gasteiger partial charge in [-0.25, -0.2) is 0 Å². The van der Waals surface area contributed by atoms with Crippen molar-refractivity contribution in [3.8, 4) is 23.0 Å². The van der Waals surface area contributed by atoms with Crippen molar-refractivity contribution in [3.05, 3.63) is 83.4 Å². The van der Waals surface area contributed by atoms with E-state index in [1.807, 2.05) is 54.6 Å². The van der Waals surface area contributed by atoms with Gasteiger partial charge in [-0.2, -0.15) is 0 Å². The molecule has 0 aliphatic heterocycles. The minimum atomic E-state index is -0.110. The number of hydrogen-bond acceptors (Lipinski definition) is 4. The van der Waals surface area contributed by atoms with Gasteiger partial charge in [-0.15, -0.1) is 0 Å². The first-order valence-electron chi connectivity index (χ1n) is 8.70. The maximum absolute atomic E-state index is 5.67. The molecule has 0 unspecified atom stereocenters. The van der Waals surface area contributed by atoms with E-state index in [4.69, 9.17) is 18.9 Å². The van der Waals surface area contributed by atoms with Gasteiger partial charge in [-0.3, -0.25) is 0 Å². The van der Waals surface area contributed by atoms with Gasteiger partial charge < -0.3 is 18.9 Å². The molecule has 3 rings (SSSR count). The Kier molecular flexibility index (Phi) is 5.87. The standard InChI is InChI=1S/C23H24O4/c1-24-17-10-12-21(26-3)19(14-17)23(16-8-6-5-7-9-16)20-15-18(25-2)11-13-22(20)27-4/h5-15,23H,1-4H3. The highest BCUT2D eigenvalue weighted by Gasteiger charge is 2.25. The summed E-state index contributed by atoms with van der Waals surface area (Å²) in [6.45, 7) is 0. The monoisotopic (exact) mass is 364 g/mol. The van der Waals surface area contributed by atoms with Crippen LogP contribution in [-0.4, -0.2) is 28.4 Å². The van der Waals surface area contributed by atoms with Crippen LogP contribution in [0.5, 0.6) is 23.0 Å². The number of rotatable bonds is 7. The third-order valence-corrected chi connectivity index (χ3v) is 4.63. The van der Waals surface area contributed by atoms with Gasteiger partial charge in [0.1, 0.15) is 23.0 Å². The van der Waals surface area contributed by atoms with Gasteiger partial charge in [0.25, 0.3) is 0 Å². The second-order valence-corrected chi connectivity index (χ2v) is 6.06. The summed E-state index contributed by atoms with van der Waals surface area (Å²) in [4.78, 5) is 0. The van der Waals surface area contributed by atoms with E-state index in [0.717, 1.165) is 39.7 Å². The molecule has 0 spiro atoms. The molecule has 0 radical (unpaired) electrons. The van der Waals surface area contributed by atoms with Gasteiger partial charge >= 0.3 is 0 Å². The average Bonchev–Trinajstić information content (AvgIpc) is 2.74. The minimum Gasteiger partial charge on any atom is -0.497 e. The summed E-state index contributed by atoms with van der Waals surface area (Å²) >= 11 is 0. The van der Waals surface area contributed by atoms with Crippen LogP contribution < -0.4 is 18.9 Å². The third-order valence-electron chi connectivity index (χ3n) is 4.63. The molecule has 0 N–H and O–H groups in total. The van der Waals surface area contributed by atoms with E-state index in [1.54, 1.807) is 28.4 Å². The van der Waals surface area contributed by atoms with Gasteiger partial charge in [0.2, 0.25) is 0 Å². The van der Waals surface area contributed by atoms with Crippen molar-refractivity contribution >= 4 is 0 Å².